The Morgan fingerprint density at radius 1 is 1.12 bits per heavy atom. The largest absolute Gasteiger partial charge is 0.368 e. The van der Waals surface area contributed by atoms with Crippen LogP contribution in [0.15, 0.2) is 42.5 Å². The fraction of sp³-hybridized carbons (Fsp3) is 0.480. The van der Waals surface area contributed by atoms with Gasteiger partial charge in [0.05, 0.1) is 6.04 Å². The van der Waals surface area contributed by atoms with Gasteiger partial charge in [-0.25, -0.2) is 4.39 Å². The lowest BCUT2D eigenvalue weighted by atomic mass is 9.62. The highest BCUT2D eigenvalue weighted by Crippen LogP contribution is 2.55. The van der Waals surface area contributed by atoms with Crippen LogP contribution in [0.1, 0.15) is 51.2 Å². The Bertz CT molecular complexity index is 976. The van der Waals surface area contributed by atoms with Gasteiger partial charge in [-0.3, -0.25) is 9.69 Å². The van der Waals surface area contributed by atoms with E-state index in [1.165, 1.54) is 6.07 Å². The molecule has 1 amide bonds. The van der Waals surface area contributed by atoms with E-state index in [4.69, 9.17) is 34.7 Å². The molecule has 0 aromatic heterocycles. The van der Waals surface area contributed by atoms with Crippen molar-refractivity contribution in [3.63, 3.8) is 0 Å². The number of nitrogens with zero attached hydrogens (tertiary/aromatic N) is 1. The predicted molar refractivity (Wildman–Crippen MR) is 130 cm³/mol. The summed E-state index contributed by atoms with van der Waals surface area (Å²) in [7, 11) is 0. The number of nitrogens with two attached hydrogens (primary N) is 2. The van der Waals surface area contributed by atoms with Gasteiger partial charge >= 0.3 is 0 Å². The van der Waals surface area contributed by atoms with Crippen LogP contribution in [0.25, 0.3) is 0 Å². The summed E-state index contributed by atoms with van der Waals surface area (Å²) in [6.45, 7) is 9.12. The molecule has 1 aliphatic rings. The summed E-state index contributed by atoms with van der Waals surface area (Å²) in [6.07, 6.45) is 0.702. The smallest absolute Gasteiger partial charge is 0.235 e. The van der Waals surface area contributed by atoms with Crippen molar-refractivity contribution in [1.82, 2.24) is 4.90 Å². The highest BCUT2D eigenvalue weighted by Gasteiger charge is 2.62. The molecule has 0 radical (unpaired) electrons. The van der Waals surface area contributed by atoms with E-state index in [1.807, 2.05) is 19.1 Å². The standard InChI is InChI=1S/C25H32Cl2FN3O/c1-5-31-20(13-24(2,3)4)25(14-29,18-11-10-17(27)12-19(18)28)21(22(31)23(30)32)15-6-8-16(26)9-7-15/h6-12,20-22H,5,13-14,29H2,1-4H3,(H2,30,32)/t20-,21-,22+,25-/m0/s1. The van der Waals surface area contributed by atoms with Crippen LogP contribution in [0.2, 0.25) is 10.0 Å². The number of likely N-dealkylation sites (N-methyl/N-ethyl adjacent to an activating group) is 1. The average molecular weight is 480 g/mol. The van der Waals surface area contributed by atoms with Gasteiger partial charge in [-0.2, -0.15) is 0 Å². The molecule has 0 unspecified atom stereocenters. The van der Waals surface area contributed by atoms with Crippen molar-refractivity contribution in [3.8, 4) is 0 Å². The van der Waals surface area contributed by atoms with E-state index in [2.05, 4.69) is 25.7 Å². The zero-order valence-corrected chi connectivity index (χ0v) is 20.6. The Hall–Kier alpha value is -1.66. The predicted octanol–water partition coefficient (Wildman–Crippen LogP) is 5.11. The minimum atomic E-state index is -0.897. The van der Waals surface area contributed by atoms with E-state index in [1.54, 1.807) is 24.3 Å². The zero-order chi connectivity index (χ0) is 23.8. The van der Waals surface area contributed by atoms with Crippen molar-refractivity contribution in [2.45, 2.75) is 57.5 Å². The summed E-state index contributed by atoms with van der Waals surface area (Å²) in [5, 5.41) is 0.891. The normalized spacial score (nSPS) is 26.4. The first-order valence-corrected chi connectivity index (χ1v) is 11.7. The number of hydrogen-bond acceptors (Lipinski definition) is 3. The van der Waals surface area contributed by atoms with Crippen LogP contribution in [0, 0.1) is 11.2 Å². The summed E-state index contributed by atoms with van der Waals surface area (Å²) < 4.78 is 15.6. The number of halogens is 3. The molecule has 0 spiro atoms. The van der Waals surface area contributed by atoms with Gasteiger partial charge < -0.3 is 11.5 Å². The maximum atomic E-state index is 15.6. The molecule has 7 heteroatoms. The third kappa shape index (κ3) is 4.41. The Kier molecular flexibility index (Phi) is 7.26. The van der Waals surface area contributed by atoms with E-state index in [0.29, 0.717) is 28.6 Å². The van der Waals surface area contributed by atoms with Crippen molar-refractivity contribution >= 4 is 29.1 Å². The second-order valence-electron chi connectivity index (χ2n) is 9.86. The highest BCUT2D eigenvalue weighted by molar-refractivity contribution is 6.30. The van der Waals surface area contributed by atoms with E-state index < -0.39 is 29.1 Å². The SMILES string of the molecule is CCN1[C@@H](CC(C)(C)C)[C@](CN)(c2ccc(Cl)cc2F)[C@@H](c2ccc(Cl)cc2)[C@@H]1C(N)=O. The molecule has 2 aromatic rings. The fourth-order valence-corrected chi connectivity index (χ4v) is 5.82. The number of likely N-dealkylation sites (tertiary alicyclic amines) is 1. The molecule has 0 saturated carbocycles. The van der Waals surface area contributed by atoms with Gasteiger partial charge in [-0.15, -0.1) is 0 Å². The second kappa shape index (κ2) is 9.30. The number of hydrogen-bond donors (Lipinski definition) is 2. The lowest BCUT2D eigenvalue weighted by Crippen LogP contribution is -2.51. The van der Waals surface area contributed by atoms with Gasteiger partial charge in [0.1, 0.15) is 5.82 Å². The third-order valence-electron chi connectivity index (χ3n) is 6.68. The molecule has 174 valence electrons. The number of primary amides is 1. The molecule has 1 saturated heterocycles. The van der Waals surface area contributed by atoms with Crippen molar-refractivity contribution in [1.29, 1.82) is 0 Å². The lowest BCUT2D eigenvalue weighted by Gasteiger charge is -2.43. The molecule has 2 aromatic carbocycles. The molecule has 1 aliphatic heterocycles. The van der Waals surface area contributed by atoms with Crippen molar-refractivity contribution < 1.29 is 9.18 Å². The molecule has 0 aliphatic carbocycles. The van der Waals surface area contributed by atoms with Gasteiger partial charge in [0.2, 0.25) is 5.91 Å². The zero-order valence-electron chi connectivity index (χ0n) is 19.0. The Morgan fingerprint density at radius 3 is 2.19 bits per heavy atom. The minimum Gasteiger partial charge on any atom is -0.368 e. The van der Waals surface area contributed by atoms with Crippen LogP contribution < -0.4 is 11.5 Å². The summed E-state index contributed by atoms with van der Waals surface area (Å²) in [5.74, 6) is -1.33. The maximum Gasteiger partial charge on any atom is 0.235 e. The van der Waals surface area contributed by atoms with E-state index in [0.717, 1.165) is 5.56 Å². The molecule has 4 atom stereocenters. The van der Waals surface area contributed by atoms with Crippen LogP contribution in [0.5, 0.6) is 0 Å². The summed E-state index contributed by atoms with van der Waals surface area (Å²) in [6, 6.07) is 11.2. The Morgan fingerprint density at radius 2 is 1.72 bits per heavy atom. The molecule has 1 heterocycles. The van der Waals surface area contributed by atoms with Crippen LogP contribution in [-0.2, 0) is 10.2 Å². The van der Waals surface area contributed by atoms with Gasteiger partial charge in [0.25, 0.3) is 0 Å². The van der Waals surface area contributed by atoms with E-state index >= 15 is 4.39 Å². The van der Waals surface area contributed by atoms with E-state index in [-0.39, 0.29) is 18.0 Å². The first-order valence-electron chi connectivity index (χ1n) is 10.9. The molecule has 32 heavy (non-hydrogen) atoms. The first kappa shape index (κ1) is 25.0. The summed E-state index contributed by atoms with van der Waals surface area (Å²) in [4.78, 5) is 15.0. The topological polar surface area (TPSA) is 72.3 Å². The molecule has 1 fully saturated rings. The van der Waals surface area contributed by atoms with Crippen molar-refractivity contribution in [3.05, 3.63) is 69.5 Å². The number of rotatable bonds is 6. The molecule has 4 N–H and O–H groups in total. The molecule has 3 rings (SSSR count). The van der Waals surface area contributed by atoms with Crippen molar-refractivity contribution in [2.75, 3.05) is 13.1 Å². The Labute approximate surface area is 200 Å². The van der Waals surface area contributed by atoms with Crippen LogP contribution >= 0.6 is 23.2 Å². The molecule has 0 bridgehead atoms. The lowest BCUT2D eigenvalue weighted by molar-refractivity contribution is -0.123. The molecular weight excluding hydrogens is 448 g/mol. The number of carbonyl (C=O) groups is 1. The number of carbonyl (C=O) groups excluding carboxylic acids is 1. The highest BCUT2D eigenvalue weighted by atomic mass is 35.5. The molecule has 4 nitrogen and oxygen atoms in total. The average Bonchev–Trinajstić information content (AvgIpc) is 2.97. The molecular formula is C25H32Cl2FN3O. The maximum absolute atomic E-state index is 15.6. The van der Waals surface area contributed by atoms with Gasteiger partial charge in [0, 0.05) is 34.0 Å². The van der Waals surface area contributed by atoms with E-state index in [9.17, 15) is 4.79 Å². The fourth-order valence-electron chi connectivity index (χ4n) is 5.53. The summed E-state index contributed by atoms with van der Waals surface area (Å²) >= 11 is 12.2. The van der Waals surface area contributed by atoms with Crippen molar-refractivity contribution in [2.24, 2.45) is 16.9 Å². The quantitative estimate of drug-likeness (QED) is 0.604. The van der Waals surface area contributed by atoms with Crippen LogP contribution in [0.3, 0.4) is 0 Å². The third-order valence-corrected chi connectivity index (χ3v) is 7.17. The minimum absolute atomic E-state index is 0.0987. The second-order valence-corrected chi connectivity index (χ2v) is 10.7. The van der Waals surface area contributed by atoms with Crippen LogP contribution in [0.4, 0.5) is 4.39 Å². The van der Waals surface area contributed by atoms with Gasteiger partial charge in [-0.1, -0.05) is 69.1 Å². The number of benzene rings is 2. The summed E-state index contributed by atoms with van der Waals surface area (Å²) in [5.41, 5.74) is 12.9. The van der Waals surface area contributed by atoms with Crippen LogP contribution in [-0.4, -0.2) is 36.0 Å². The van der Waals surface area contributed by atoms with Gasteiger partial charge in [0.15, 0.2) is 0 Å². The number of amides is 1. The first-order chi connectivity index (χ1) is 15.0. The van der Waals surface area contributed by atoms with Gasteiger partial charge in [-0.05, 0) is 53.8 Å². The monoisotopic (exact) mass is 479 g/mol. The Balaban J connectivity index is 2.39.